The van der Waals surface area contributed by atoms with Crippen LogP contribution < -0.4 is 10.1 Å². The van der Waals surface area contributed by atoms with E-state index in [0.717, 1.165) is 25.0 Å². The van der Waals surface area contributed by atoms with Crippen LogP contribution >= 0.6 is 0 Å². The lowest BCUT2D eigenvalue weighted by atomic mass is 10.2. The first-order valence-corrected chi connectivity index (χ1v) is 8.14. The molecule has 0 saturated carbocycles. The Morgan fingerprint density at radius 3 is 2.46 bits per heavy atom. The third-order valence-corrected chi connectivity index (χ3v) is 3.39. The van der Waals surface area contributed by atoms with Gasteiger partial charge >= 0.3 is 5.97 Å². The summed E-state index contributed by atoms with van der Waals surface area (Å²) in [4.78, 5) is 23.6. The van der Waals surface area contributed by atoms with E-state index in [4.69, 9.17) is 9.47 Å². The fourth-order valence-corrected chi connectivity index (χ4v) is 2.01. The van der Waals surface area contributed by atoms with Gasteiger partial charge in [0.05, 0.1) is 12.2 Å². The Kier molecular flexibility index (Phi) is 7.08. The van der Waals surface area contributed by atoms with Gasteiger partial charge in [0.1, 0.15) is 5.82 Å². The van der Waals surface area contributed by atoms with E-state index in [2.05, 4.69) is 5.32 Å². The molecule has 0 aliphatic rings. The lowest BCUT2D eigenvalue weighted by molar-refractivity contribution is -0.118. The summed E-state index contributed by atoms with van der Waals surface area (Å²) in [7, 11) is 0. The van der Waals surface area contributed by atoms with Crippen LogP contribution in [-0.4, -0.2) is 25.1 Å². The van der Waals surface area contributed by atoms with Crippen LogP contribution in [0.4, 0.5) is 14.5 Å². The van der Waals surface area contributed by atoms with Gasteiger partial charge in [-0.1, -0.05) is 13.3 Å². The Balaban J connectivity index is 1.84. The van der Waals surface area contributed by atoms with Crippen LogP contribution in [0.2, 0.25) is 0 Å². The summed E-state index contributed by atoms with van der Waals surface area (Å²) in [5, 5.41) is 2.55. The van der Waals surface area contributed by atoms with Crippen LogP contribution in [-0.2, 0) is 9.53 Å². The summed E-state index contributed by atoms with van der Waals surface area (Å²) < 4.78 is 36.3. The van der Waals surface area contributed by atoms with E-state index >= 15 is 0 Å². The monoisotopic (exact) mass is 363 g/mol. The number of anilines is 1. The summed E-state index contributed by atoms with van der Waals surface area (Å²) in [5.74, 6) is -2.78. The van der Waals surface area contributed by atoms with Crippen LogP contribution in [0, 0.1) is 11.6 Å². The zero-order chi connectivity index (χ0) is 18.9. The standard InChI is InChI=1S/C19H19F2NO4/c1-2-3-10-25-19(24)13-4-7-15(8-5-13)22-18(23)12-26-17-9-6-14(20)11-16(17)21/h4-9,11H,2-3,10,12H2,1H3,(H,22,23). The summed E-state index contributed by atoms with van der Waals surface area (Å²) in [6, 6.07) is 8.98. The molecule has 0 heterocycles. The summed E-state index contributed by atoms with van der Waals surface area (Å²) >= 11 is 0. The highest BCUT2D eigenvalue weighted by atomic mass is 19.1. The van der Waals surface area contributed by atoms with Crippen molar-refractivity contribution in [2.75, 3.05) is 18.5 Å². The molecule has 1 N–H and O–H groups in total. The molecule has 0 unspecified atom stereocenters. The van der Waals surface area contributed by atoms with Gasteiger partial charge in [0, 0.05) is 11.8 Å². The van der Waals surface area contributed by atoms with Gasteiger partial charge in [-0.2, -0.15) is 0 Å². The van der Waals surface area contributed by atoms with E-state index in [0.29, 0.717) is 23.9 Å². The van der Waals surface area contributed by atoms with Crippen molar-refractivity contribution in [3.05, 3.63) is 59.7 Å². The van der Waals surface area contributed by atoms with Gasteiger partial charge in [-0.05, 0) is 42.8 Å². The lowest BCUT2D eigenvalue weighted by Crippen LogP contribution is -2.20. The highest BCUT2D eigenvalue weighted by Crippen LogP contribution is 2.17. The number of benzene rings is 2. The SMILES string of the molecule is CCCCOC(=O)c1ccc(NC(=O)COc2ccc(F)cc2F)cc1. The van der Waals surface area contributed by atoms with Gasteiger partial charge in [-0.3, -0.25) is 4.79 Å². The van der Waals surface area contributed by atoms with Crippen molar-refractivity contribution in [3.8, 4) is 5.75 Å². The Morgan fingerprint density at radius 1 is 1.08 bits per heavy atom. The zero-order valence-corrected chi connectivity index (χ0v) is 14.3. The lowest BCUT2D eigenvalue weighted by Gasteiger charge is -2.09. The number of amides is 1. The van der Waals surface area contributed by atoms with Crippen LogP contribution in [0.3, 0.4) is 0 Å². The number of esters is 1. The van der Waals surface area contributed by atoms with E-state index < -0.39 is 30.1 Å². The molecule has 0 saturated heterocycles. The number of carbonyl (C=O) groups excluding carboxylic acids is 2. The predicted molar refractivity (Wildman–Crippen MR) is 92.1 cm³/mol. The van der Waals surface area contributed by atoms with Gasteiger partial charge in [0.15, 0.2) is 18.2 Å². The molecule has 0 spiro atoms. The minimum Gasteiger partial charge on any atom is -0.481 e. The van der Waals surface area contributed by atoms with Gasteiger partial charge in [0.25, 0.3) is 5.91 Å². The number of hydrogen-bond acceptors (Lipinski definition) is 4. The van der Waals surface area contributed by atoms with Crippen LogP contribution in [0.5, 0.6) is 5.75 Å². The zero-order valence-electron chi connectivity index (χ0n) is 14.3. The van der Waals surface area contributed by atoms with Gasteiger partial charge < -0.3 is 14.8 Å². The average Bonchev–Trinajstić information content (AvgIpc) is 2.61. The van der Waals surface area contributed by atoms with E-state index in [1.165, 1.54) is 12.1 Å². The van der Waals surface area contributed by atoms with E-state index in [9.17, 15) is 18.4 Å². The molecule has 2 rings (SSSR count). The molecule has 26 heavy (non-hydrogen) atoms. The van der Waals surface area contributed by atoms with E-state index in [1.54, 1.807) is 12.1 Å². The maximum atomic E-state index is 13.4. The minimum atomic E-state index is -0.885. The first-order chi connectivity index (χ1) is 12.5. The number of ether oxygens (including phenoxy) is 2. The largest absolute Gasteiger partial charge is 0.481 e. The highest BCUT2D eigenvalue weighted by molar-refractivity contribution is 5.93. The Labute approximate surface area is 149 Å². The molecule has 5 nitrogen and oxygen atoms in total. The van der Waals surface area contributed by atoms with Crippen molar-refractivity contribution in [2.45, 2.75) is 19.8 Å². The number of carbonyl (C=O) groups is 2. The van der Waals surface area contributed by atoms with Gasteiger partial charge in [0.2, 0.25) is 0 Å². The van der Waals surface area contributed by atoms with Crippen molar-refractivity contribution in [1.29, 1.82) is 0 Å². The van der Waals surface area contributed by atoms with Crippen molar-refractivity contribution < 1.29 is 27.8 Å². The second-order valence-electron chi connectivity index (χ2n) is 5.48. The molecule has 0 radical (unpaired) electrons. The normalized spacial score (nSPS) is 10.3. The van der Waals surface area contributed by atoms with Gasteiger partial charge in [-0.15, -0.1) is 0 Å². The fourth-order valence-electron chi connectivity index (χ4n) is 2.01. The van der Waals surface area contributed by atoms with Gasteiger partial charge in [-0.25, -0.2) is 13.6 Å². The summed E-state index contributed by atoms with van der Waals surface area (Å²) in [5.41, 5.74) is 0.826. The van der Waals surface area contributed by atoms with Crippen molar-refractivity contribution in [2.24, 2.45) is 0 Å². The summed E-state index contributed by atoms with van der Waals surface area (Å²) in [6.45, 7) is 1.92. The third-order valence-electron chi connectivity index (χ3n) is 3.39. The van der Waals surface area contributed by atoms with Crippen LogP contribution in [0.25, 0.3) is 0 Å². The smallest absolute Gasteiger partial charge is 0.338 e. The molecular formula is C19H19F2NO4. The Hall–Kier alpha value is -2.96. The van der Waals surface area contributed by atoms with Crippen molar-refractivity contribution in [1.82, 2.24) is 0 Å². The molecule has 2 aromatic rings. The molecule has 0 aliphatic carbocycles. The van der Waals surface area contributed by atoms with E-state index in [-0.39, 0.29) is 5.75 Å². The molecule has 1 amide bonds. The van der Waals surface area contributed by atoms with Crippen molar-refractivity contribution in [3.63, 3.8) is 0 Å². The quantitative estimate of drug-likeness (QED) is 0.570. The predicted octanol–water partition coefficient (Wildman–Crippen LogP) is 3.94. The Morgan fingerprint density at radius 2 is 1.81 bits per heavy atom. The number of halogens is 2. The van der Waals surface area contributed by atoms with Crippen molar-refractivity contribution >= 4 is 17.6 Å². The molecule has 0 aliphatic heterocycles. The average molecular weight is 363 g/mol. The van der Waals surface area contributed by atoms with E-state index in [1.807, 2.05) is 6.92 Å². The first kappa shape index (κ1) is 19.4. The third kappa shape index (κ3) is 5.84. The second kappa shape index (κ2) is 9.50. The van der Waals surface area contributed by atoms with Crippen LogP contribution in [0.15, 0.2) is 42.5 Å². The Bertz CT molecular complexity index is 763. The molecule has 7 heteroatoms. The topological polar surface area (TPSA) is 64.6 Å². The molecule has 0 aromatic heterocycles. The molecule has 138 valence electrons. The van der Waals surface area contributed by atoms with Crippen LogP contribution in [0.1, 0.15) is 30.1 Å². The molecule has 0 fully saturated rings. The maximum absolute atomic E-state index is 13.4. The molecule has 2 aromatic carbocycles. The molecule has 0 bridgehead atoms. The summed E-state index contributed by atoms with van der Waals surface area (Å²) in [6.07, 6.45) is 1.73. The molecule has 0 atom stereocenters. The molecular weight excluding hydrogens is 344 g/mol. The number of unbranched alkanes of at least 4 members (excludes halogenated alkanes) is 1. The number of nitrogens with one attached hydrogen (secondary N) is 1. The number of rotatable bonds is 8. The maximum Gasteiger partial charge on any atom is 0.338 e. The number of hydrogen-bond donors (Lipinski definition) is 1. The fraction of sp³-hybridized carbons (Fsp3) is 0.263. The minimum absolute atomic E-state index is 0.216. The highest BCUT2D eigenvalue weighted by Gasteiger charge is 2.10. The first-order valence-electron chi connectivity index (χ1n) is 8.14. The second-order valence-corrected chi connectivity index (χ2v) is 5.48.